The second kappa shape index (κ2) is 42.5. The number of aldehydes is 1. The van der Waals surface area contributed by atoms with Crippen LogP contribution in [0.1, 0.15) is 82.3 Å². The van der Waals surface area contributed by atoms with Gasteiger partial charge in [-0.15, -0.1) is 5.06 Å². The number of fused-ring (bicyclic) bond motifs is 1. The van der Waals surface area contributed by atoms with E-state index in [1.165, 1.54) is 36.3 Å². The van der Waals surface area contributed by atoms with E-state index in [1.807, 2.05) is 54.3 Å². The Labute approximate surface area is 561 Å². The number of carboxylic acid groups (broad SMARTS) is 1. The van der Waals surface area contributed by atoms with E-state index in [1.54, 1.807) is 48.0 Å². The van der Waals surface area contributed by atoms with Gasteiger partial charge in [-0.3, -0.25) is 77.4 Å². The number of phenolic OH excluding ortho intramolecular Hbond substituents is 1. The number of aliphatic imine (C=N–C) groups is 1. The van der Waals surface area contributed by atoms with Gasteiger partial charge in [0.05, 0.1) is 52.5 Å². The van der Waals surface area contributed by atoms with Crippen molar-refractivity contribution in [3.8, 4) is 5.75 Å². The predicted octanol–water partition coefficient (Wildman–Crippen LogP) is -1.64. The Morgan fingerprint density at radius 3 is 1.93 bits per heavy atom. The number of benzene rings is 3. The molecule has 1 aliphatic heterocycles. The zero-order valence-electron chi connectivity index (χ0n) is 56.2. The molecule has 0 radical (unpaired) electrons. The molecule has 0 aromatic heterocycles. The van der Waals surface area contributed by atoms with E-state index < -0.39 is 71.9 Å². The van der Waals surface area contributed by atoms with Crippen molar-refractivity contribution in [3.63, 3.8) is 0 Å². The zero-order chi connectivity index (χ0) is 70.6. The number of nitrogens with zero attached hydrogens (tertiary/aromatic N) is 7. The van der Waals surface area contributed by atoms with Gasteiger partial charge in [-0.1, -0.05) is 61.5 Å². The number of amides is 7. The van der Waals surface area contributed by atoms with Crippen molar-refractivity contribution < 1.29 is 72.5 Å². The van der Waals surface area contributed by atoms with E-state index >= 15 is 0 Å². The molecule has 0 unspecified atom stereocenters. The smallest absolute Gasteiger partial charge is 0.339 e. The molecule has 0 spiro atoms. The number of aromatic hydroxyl groups is 1. The molecule has 96 heavy (non-hydrogen) atoms. The van der Waals surface area contributed by atoms with Crippen LogP contribution in [-0.2, 0) is 75.2 Å². The van der Waals surface area contributed by atoms with E-state index in [0.717, 1.165) is 10.8 Å². The average molecular weight is 1350 g/mol. The lowest BCUT2D eigenvalue weighted by atomic mass is 9.95. The second-order valence-electron chi connectivity index (χ2n) is 23.9. The number of aliphatic carboxylic acids is 1. The molecule has 4 atom stereocenters. The Morgan fingerprint density at radius 2 is 1.30 bits per heavy atom. The van der Waals surface area contributed by atoms with Crippen LogP contribution in [0.5, 0.6) is 5.75 Å². The van der Waals surface area contributed by atoms with Gasteiger partial charge in [-0.05, 0) is 113 Å². The first-order valence-corrected chi connectivity index (χ1v) is 32.3. The molecule has 4 rings (SSSR count). The molecular formula is C65H100N16O15. The summed E-state index contributed by atoms with van der Waals surface area (Å²) in [7, 11) is 7.68. The molecular weight excluding hydrogens is 1240 g/mol. The molecule has 1 saturated heterocycles. The summed E-state index contributed by atoms with van der Waals surface area (Å²) in [5, 5.41) is 41.9. The van der Waals surface area contributed by atoms with Crippen LogP contribution in [0.15, 0.2) is 71.7 Å². The molecule has 3 aromatic carbocycles. The quantitative estimate of drug-likeness (QED) is 0.00577. The van der Waals surface area contributed by atoms with Crippen molar-refractivity contribution in [1.29, 1.82) is 0 Å². The number of phenols is 1. The maximum atomic E-state index is 14.8. The molecule has 31 nitrogen and oxygen atoms in total. The number of carboxylic acids is 1. The highest BCUT2D eigenvalue weighted by atomic mass is 16.7. The first-order chi connectivity index (χ1) is 45.8. The molecule has 1 heterocycles. The number of nitrogens with one attached hydrogen (secondary N) is 7. The van der Waals surface area contributed by atoms with Crippen molar-refractivity contribution in [2.24, 2.45) is 16.5 Å². The van der Waals surface area contributed by atoms with Crippen LogP contribution >= 0.6 is 0 Å². The lowest BCUT2D eigenvalue weighted by Gasteiger charge is -2.42. The highest BCUT2D eigenvalue weighted by molar-refractivity contribution is 5.95. The molecule has 0 saturated carbocycles. The van der Waals surface area contributed by atoms with Crippen LogP contribution in [0.3, 0.4) is 0 Å². The Balaban J connectivity index is 1.26. The summed E-state index contributed by atoms with van der Waals surface area (Å²) in [6.45, 7) is 4.18. The fourth-order valence-electron chi connectivity index (χ4n) is 10.6. The van der Waals surface area contributed by atoms with Crippen molar-refractivity contribution in [2.75, 3.05) is 134 Å². The van der Waals surface area contributed by atoms with Crippen LogP contribution in [-0.4, -0.2) is 269 Å². The number of likely N-dealkylation sites (N-methyl/N-ethyl adjacent to an activating group) is 4. The van der Waals surface area contributed by atoms with E-state index in [-0.39, 0.29) is 127 Å². The summed E-state index contributed by atoms with van der Waals surface area (Å²) >= 11 is 0. The summed E-state index contributed by atoms with van der Waals surface area (Å²) in [5.41, 5.74) is 10.4. The van der Waals surface area contributed by atoms with Gasteiger partial charge in [-0.2, -0.15) is 0 Å². The number of hydrogen-bond donors (Lipinski definition) is 11. The lowest BCUT2D eigenvalue weighted by Crippen LogP contribution is -2.68. The van der Waals surface area contributed by atoms with Gasteiger partial charge in [0.25, 0.3) is 0 Å². The molecule has 1 fully saturated rings. The molecule has 0 aliphatic carbocycles. The van der Waals surface area contributed by atoms with Crippen LogP contribution < -0.4 is 48.7 Å². The van der Waals surface area contributed by atoms with Gasteiger partial charge in [0.2, 0.25) is 41.4 Å². The van der Waals surface area contributed by atoms with Gasteiger partial charge in [0.15, 0.2) is 17.9 Å². The van der Waals surface area contributed by atoms with Crippen LogP contribution in [0.4, 0.5) is 0 Å². The summed E-state index contributed by atoms with van der Waals surface area (Å²) in [5.74, 6) is -5.76. The highest BCUT2D eigenvalue weighted by Gasteiger charge is 2.43. The maximum absolute atomic E-state index is 14.8. The Bertz CT molecular complexity index is 3060. The molecule has 0 bridgehead atoms. The largest absolute Gasteiger partial charge is 0.508 e. The summed E-state index contributed by atoms with van der Waals surface area (Å²) in [6, 6.07) is 15.5. The lowest BCUT2D eigenvalue weighted by molar-refractivity contribution is -0.193. The maximum Gasteiger partial charge on any atom is 0.339 e. The second-order valence-corrected chi connectivity index (χ2v) is 23.9. The first-order valence-electron chi connectivity index (χ1n) is 32.3. The SMILES string of the molecule is CCN(CCN(CC(=O)OC)CN(C)OC(=O)CN(C)CCN(C)CC(=O)O)CC(=O)NCCCCC(=O)NCCCCC(=O)NCCC[C@@H]1C(=O)N[C@@H](CCCN=C(N)N)C(=O)N[C@@H](Cc2ccc3ccccc3c2)C(=O)NCC(=O)N[C@](C=O)(Cc2ccc(O)cc2)N1C. The summed E-state index contributed by atoms with van der Waals surface area (Å²) < 4.78 is 4.86. The van der Waals surface area contributed by atoms with Crippen LogP contribution in [0.25, 0.3) is 10.8 Å². The highest BCUT2D eigenvalue weighted by Crippen LogP contribution is 2.24. The molecule has 13 N–H and O–H groups in total. The normalized spacial score (nSPS) is 17.3. The Kier molecular flexibility index (Phi) is 35.2. The number of methoxy groups -OCH3 is 1. The zero-order valence-corrected chi connectivity index (χ0v) is 56.2. The minimum absolute atomic E-state index is 0.00705. The van der Waals surface area contributed by atoms with Crippen molar-refractivity contribution in [3.05, 3.63) is 77.9 Å². The summed E-state index contributed by atoms with van der Waals surface area (Å²) in [6.07, 6.45) is 3.14. The third-order valence-electron chi connectivity index (χ3n) is 16.0. The van der Waals surface area contributed by atoms with Gasteiger partial charge in [0, 0.05) is 85.1 Å². The topological polar surface area (TPSA) is 415 Å². The van der Waals surface area contributed by atoms with E-state index in [0.29, 0.717) is 88.9 Å². The number of carbonyl (C=O) groups excluding carboxylic acids is 10. The molecule has 31 heteroatoms. The average Bonchev–Trinajstić information content (AvgIpc) is 0.799. The van der Waals surface area contributed by atoms with E-state index in [9.17, 15) is 57.8 Å². The fourth-order valence-corrected chi connectivity index (χ4v) is 10.6. The molecule has 3 aromatic rings. The van der Waals surface area contributed by atoms with Gasteiger partial charge in [-0.25, -0.2) is 4.79 Å². The number of carbonyl (C=O) groups is 11. The van der Waals surface area contributed by atoms with Crippen LogP contribution in [0.2, 0.25) is 0 Å². The summed E-state index contributed by atoms with van der Waals surface area (Å²) in [4.78, 5) is 163. The number of hydrogen-bond acceptors (Lipinski definition) is 21. The Morgan fingerprint density at radius 1 is 0.698 bits per heavy atom. The number of ether oxygens (including phenoxy) is 1. The minimum Gasteiger partial charge on any atom is -0.508 e. The van der Waals surface area contributed by atoms with E-state index in [4.69, 9.17) is 26.1 Å². The van der Waals surface area contributed by atoms with Gasteiger partial charge >= 0.3 is 17.9 Å². The number of guanidine groups is 1. The number of nitrogens with two attached hydrogens (primary N) is 2. The monoisotopic (exact) mass is 1340 g/mol. The predicted molar refractivity (Wildman–Crippen MR) is 358 cm³/mol. The number of unbranched alkanes of at least 4 members (excludes halogenated alkanes) is 2. The van der Waals surface area contributed by atoms with Gasteiger partial charge < -0.3 is 68.5 Å². The number of hydroxylamine groups is 2. The van der Waals surface area contributed by atoms with Crippen molar-refractivity contribution in [2.45, 2.75) is 108 Å². The Hall–Kier alpha value is -8.88. The molecule has 1 aliphatic rings. The van der Waals surface area contributed by atoms with Crippen molar-refractivity contribution >= 4 is 82.3 Å². The van der Waals surface area contributed by atoms with E-state index in [2.05, 4.69) is 42.2 Å². The van der Waals surface area contributed by atoms with Crippen LogP contribution in [0, 0.1) is 0 Å². The van der Waals surface area contributed by atoms with Crippen molar-refractivity contribution in [1.82, 2.24) is 66.8 Å². The number of rotatable bonds is 41. The van der Waals surface area contributed by atoms with Gasteiger partial charge in [0.1, 0.15) is 17.8 Å². The first kappa shape index (κ1) is 79.6. The fraction of sp³-hybridized carbons (Fsp3) is 0.569. The molecule has 7 amide bonds. The minimum atomic E-state index is -1.94. The third kappa shape index (κ3) is 30.2. The third-order valence-corrected chi connectivity index (χ3v) is 16.0. The standard InChI is InChI=1S/C65H100N16O15/c1-7-80(34-35-81(43-59(90)95-6)45-78(4)96-60(91)42-77(3)33-32-76(2)41-58(88)89)40-57(87)70-29-13-11-20-54(84)68-28-12-10-21-55(85)69-30-15-19-53-63(94)73-51(18-14-31-71-64(66)67)62(93)74-52(37-47-22-25-48-16-8-9-17-49(48)36-47)61(92)72-39-56(86)75-65(44-82,79(53)5)38-46-23-26-50(83)27-24-46/h8-9,16-17,22-27,36,44,51-53,83H,7,10-15,18-21,28-35,37-43,45H2,1-6H3,(H,68,84)(H,69,85)(H,70,87)(H,72,92)(H,73,94)(H,74,93)(H,75,86)(H,88,89)(H4,66,67,71)/t51-,52-,53+,65+/m0/s1. The number of esters is 1. The molecule has 530 valence electrons.